The fourth-order valence-corrected chi connectivity index (χ4v) is 3.68. The number of aromatic nitrogens is 1. The molecule has 0 bridgehead atoms. The Bertz CT molecular complexity index is 1280. The number of halogens is 1. The van der Waals surface area contributed by atoms with Gasteiger partial charge in [-0.3, -0.25) is 4.79 Å². The van der Waals surface area contributed by atoms with Crippen LogP contribution in [0, 0.1) is 0 Å². The van der Waals surface area contributed by atoms with Crippen LogP contribution in [0.4, 0.5) is 5.69 Å². The van der Waals surface area contributed by atoms with Gasteiger partial charge in [-0.15, -0.1) is 0 Å². The molecule has 0 aliphatic carbocycles. The molecule has 0 saturated heterocycles. The highest BCUT2D eigenvalue weighted by atomic mass is 35.5. The summed E-state index contributed by atoms with van der Waals surface area (Å²) in [5, 5.41) is 4.08. The van der Waals surface area contributed by atoms with Crippen LogP contribution in [-0.4, -0.2) is 32.2 Å². The van der Waals surface area contributed by atoms with Crippen LogP contribution in [0.15, 0.2) is 66.7 Å². The third kappa shape index (κ3) is 4.05. The van der Waals surface area contributed by atoms with E-state index in [1.807, 2.05) is 36.4 Å². The largest absolute Gasteiger partial charge is 0.493 e. The van der Waals surface area contributed by atoms with E-state index in [0.29, 0.717) is 44.7 Å². The molecule has 162 valence electrons. The Labute approximate surface area is 190 Å². The van der Waals surface area contributed by atoms with Crippen LogP contribution in [0.3, 0.4) is 0 Å². The molecule has 6 nitrogen and oxygen atoms in total. The molecule has 1 heterocycles. The van der Waals surface area contributed by atoms with Crippen molar-refractivity contribution in [2.24, 2.45) is 0 Å². The fraction of sp³-hybridized carbons (Fsp3) is 0.120. The zero-order valence-electron chi connectivity index (χ0n) is 17.8. The fourth-order valence-electron chi connectivity index (χ4n) is 3.49. The minimum atomic E-state index is -0.287. The molecule has 4 aromatic rings. The smallest absolute Gasteiger partial charge is 0.256 e. The average molecular weight is 449 g/mol. The minimum absolute atomic E-state index is 0.287. The van der Waals surface area contributed by atoms with E-state index in [2.05, 4.69) is 5.32 Å². The Balaban J connectivity index is 1.86. The number of nitrogens with one attached hydrogen (secondary N) is 1. The van der Waals surface area contributed by atoms with Gasteiger partial charge in [-0.1, -0.05) is 41.9 Å². The number of ether oxygens (including phenoxy) is 3. The van der Waals surface area contributed by atoms with E-state index in [0.717, 1.165) is 10.9 Å². The summed E-state index contributed by atoms with van der Waals surface area (Å²) in [5.41, 5.74) is 3.00. The normalized spacial score (nSPS) is 10.6. The van der Waals surface area contributed by atoms with Crippen LogP contribution in [0.2, 0.25) is 5.02 Å². The summed E-state index contributed by atoms with van der Waals surface area (Å²) in [6.45, 7) is 0. The first-order chi connectivity index (χ1) is 15.5. The van der Waals surface area contributed by atoms with Gasteiger partial charge in [-0.25, -0.2) is 4.98 Å². The van der Waals surface area contributed by atoms with E-state index in [9.17, 15) is 4.79 Å². The van der Waals surface area contributed by atoms with Gasteiger partial charge in [0.05, 0.1) is 48.8 Å². The molecule has 0 unspecified atom stereocenters. The van der Waals surface area contributed by atoms with E-state index in [1.165, 1.54) is 0 Å². The van der Waals surface area contributed by atoms with Crippen molar-refractivity contribution in [3.63, 3.8) is 0 Å². The number of benzene rings is 3. The Hall–Kier alpha value is -3.77. The van der Waals surface area contributed by atoms with Gasteiger partial charge < -0.3 is 19.5 Å². The number of fused-ring (bicyclic) bond motifs is 1. The van der Waals surface area contributed by atoms with Crippen molar-refractivity contribution < 1.29 is 19.0 Å². The molecule has 0 spiro atoms. The monoisotopic (exact) mass is 448 g/mol. The Morgan fingerprint density at radius 1 is 0.875 bits per heavy atom. The van der Waals surface area contributed by atoms with Gasteiger partial charge in [0, 0.05) is 10.9 Å². The van der Waals surface area contributed by atoms with Gasteiger partial charge in [0.25, 0.3) is 5.91 Å². The number of pyridine rings is 1. The van der Waals surface area contributed by atoms with Crippen molar-refractivity contribution in [2.45, 2.75) is 0 Å². The van der Waals surface area contributed by atoms with Crippen LogP contribution in [-0.2, 0) is 0 Å². The lowest BCUT2D eigenvalue weighted by Crippen LogP contribution is -2.13. The van der Waals surface area contributed by atoms with E-state index in [4.69, 9.17) is 30.8 Å². The maximum Gasteiger partial charge on any atom is 0.256 e. The van der Waals surface area contributed by atoms with E-state index >= 15 is 0 Å². The summed E-state index contributed by atoms with van der Waals surface area (Å²) in [7, 11) is 4.65. The second kappa shape index (κ2) is 9.16. The average Bonchev–Trinajstić information content (AvgIpc) is 2.83. The van der Waals surface area contributed by atoms with Crippen LogP contribution < -0.4 is 19.5 Å². The van der Waals surface area contributed by atoms with Gasteiger partial charge in [0.1, 0.15) is 0 Å². The lowest BCUT2D eigenvalue weighted by molar-refractivity contribution is 0.102. The number of carbonyl (C=O) groups is 1. The first-order valence-electron chi connectivity index (χ1n) is 9.81. The van der Waals surface area contributed by atoms with Gasteiger partial charge in [-0.2, -0.15) is 0 Å². The lowest BCUT2D eigenvalue weighted by Gasteiger charge is -2.15. The van der Waals surface area contributed by atoms with Crippen molar-refractivity contribution in [1.82, 2.24) is 4.98 Å². The number of rotatable bonds is 6. The number of amides is 1. The Morgan fingerprint density at radius 2 is 1.53 bits per heavy atom. The van der Waals surface area contributed by atoms with Gasteiger partial charge >= 0.3 is 0 Å². The van der Waals surface area contributed by atoms with E-state index < -0.39 is 0 Å². The first-order valence-corrected chi connectivity index (χ1v) is 10.2. The predicted molar refractivity (Wildman–Crippen MR) is 126 cm³/mol. The maximum atomic E-state index is 13.2. The third-order valence-corrected chi connectivity index (χ3v) is 5.37. The highest BCUT2D eigenvalue weighted by Gasteiger charge is 2.18. The molecule has 0 radical (unpaired) electrons. The van der Waals surface area contributed by atoms with Crippen molar-refractivity contribution >= 4 is 34.1 Å². The van der Waals surface area contributed by atoms with Gasteiger partial charge in [-0.05, 0) is 36.4 Å². The van der Waals surface area contributed by atoms with Gasteiger partial charge in [0.15, 0.2) is 11.5 Å². The molecule has 0 saturated carbocycles. The van der Waals surface area contributed by atoms with Gasteiger partial charge in [0.2, 0.25) is 5.75 Å². The highest BCUT2D eigenvalue weighted by Crippen LogP contribution is 2.41. The third-order valence-electron chi connectivity index (χ3n) is 5.04. The molecule has 0 atom stereocenters. The Morgan fingerprint density at radius 3 is 2.19 bits per heavy atom. The summed E-state index contributed by atoms with van der Waals surface area (Å²) in [6.07, 6.45) is 0. The van der Waals surface area contributed by atoms with Crippen molar-refractivity contribution in [3.8, 4) is 28.5 Å². The van der Waals surface area contributed by atoms with E-state index in [1.54, 1.807) is 51.7 Å². The molecule has 0 aliphatic rings. The molecule has 1 amide bonds. The number of methoxy groups -OCH3 is 3. The maximum absolute atomic E-state index is 13.2. The number of hydrogen-bond acceptors (Lipinski definition) is 5. The van der Waals surface area contributed by atoms with Crippen LogP contribution in [0.5, 0.6) is 17.2 Å². The standard InChI is InChI=1S/C25H21ClN2O4/c1-30-22-12-15(13-23(31-2)24(22)32-3)21-14-17(16-8-4-6-10-19(16)27-21)25(29)28-20-11-7-5-9-18(20)26/h4-14H,1-3H3,(H,28,29). The zero-order valence-corrected chi connectivity index (χ0v) is 18.6. The zero-order chi connectivity index (χ0) is 22.7. The highest BCUT2D eigenvalue weighted by molar-refractivity contribution is 6.34. The number of nitrogens with zero attached hydrogens (tertiary/aromatic N) is 1. The first kappa shape index (κ1) is 21.5. The van der Waals surface area contributed by atoms with Crippen molar-refractivity contribution in [3.05, 3.63) is 77.3 Å². The molecular weight excluding hydrogens is 428 g/mol. The number of carbonyl (C=O) groups excluding carboxylic acids is 1. The molecule has 1 N–H and O–H groups in total. The number of anilines is 1. The predicted octanol–water partition coefficient (Wildman–Crippen LogP) is 5.83. The summed E-state index contributed by atoms with van der Waals surface area (Å²) in [6, 6.07) is 19.9. The van der Waals surface area contributed by atoms with Crippen LogP contribution >= 0.6 is 11.6 Å². The van der Waals surface area contributed by atoms with Crippen molar-refractivity contribution in [2.75, 3.05) is 26.6 Å². The minimum Gasteiger partial charge on any atom is -0.493 e. The molecule has 3 aromatic carbocycles. The van der Waals surface area contributed by atoms with Crippen molar-refractivity contribution in [1.29, 1.82) is 0 Å². The Kier molecular flexibility index (Phi) is 6.14. The van der Waals surface area contributed by atoms with Crippen LogP contribution in [0.25, 0.3) is 22.2 Å². The number of para-hydroxylation sites is 2. The molecule has 7 heteroatoms. The quantitative estimate of drug-likeness (QED) is 0.401. The molecule has 0 fully saturated rings. The summed E-state index contributed by atoms with van der Waals surface area (Å²) in [4.78, 5) is 18.0. The number of hydrogen-bond donors (Lipinski definition) is 1. The summed E-state index contributed by atoms with van der Waals surface area (Å²) < 4.78 is 16.4. The molecular formula is C25H21ClN2O4. The topological polar surface area (TPSA) is 69.7 Å². The molecule has 4 rings (SSSR count). The molecule has 32 heavy (non-hydrogen) atoms. The van der Waals surface area contributed by atoms with Crippen LogP contribution in [0.1, 0.15) is 10.4 Å². The second-order valence-corrected chi connectivity index (χ2v) is 7.33. The molecule has 0 aliphatic heterocycles. The molecule has 1 aromatic heterocycles. The summed E-state index contributed by atoms with van der Waals surface area (Å²) in [5.74, 6) is 1.19. The second-order valence-electron chi connectivity index (χ2n) is 6.92. The SMILES string of the molecule is COc1cc(-c2cc(C(=O)Nc3ccccc3Cl)c3ccccc3n2)cc(OC)c1OC. The van der Waals surface area contributed by atoms with E-state index in [-0.39, 0.29) is 5.91 Å². The lowest BCUT2D eigenvalue weighted by atomic mass is 10.0. The summed E-state index contributed by atoms with van der Waals surface area (Å²) >= 11 is 6.23.